The van der Waals surface area contributed by atoms with Crippen LogP contribution in [0.25, 0.3) is 0 Å². The molecule has 0 amide bonds. The van der Waals surface area contributed by atoms with Crippen LogP contribution in [0, 0.1) is 5.82 Å². The summed E-state index contributed by atoms with van der Waals surface area (Å²) in [5.41, 5.74) is -0.848. The highest BCUT2D eigenvalue weighted by molar-refractivity contribution is 5.51. The molecule has 0 bridgehead atoms. The van der Waals surface area contributed by atoms with E-state index in [1.165, 1.54) is 12.5 Å². The van der Waals surface area contributed by atoms with E-state index in [9.17, 15) is 17.6 Å². The van der Waals surface area contributed by atoms with Crippen molar-refractivity contribution < 1.29 is 22.3 Å². The lowest BCUT2D eigenvalue weighted by molar-refractivity contribution is -0.139. The summed E-state index contributed by atoms with van der Waals surface area (Å²) in [7, 11) is 0. The van der Waals surface area contributed by atoms with Crippen LogP contribution in [0.1, 0.15) is 12.5 Å². The van der Waals surface area contributed by atoms with Gasteiger partial charge in [-0.2, -0.15) is 13.2 Å². The fraction of sp³-hybridized carbons (Fsp3) is 0.462. The van der Waals surface area contributed by atoms with Crippen LogP contribution in [0.3, 0.4) is 0 Å². The van der Waals surface area contributed by atoms with Crippen LogP contribution in [0.2, 0.25) is 0 Å². The molecule has 1 aliphatic heterocycles. The molecule has 0 spiro atoms. The molecule has 0 saturated heterocycles. The molecule has 1 aromatic rings. The van der Waals surface area contributed by atoms with Gasteiger partial charge in [-0.1, -0.05) is 0 Å². The van der Waals surface area contributed by atoms with Gasteiger partial charge in [0, 0.05) is 18.8 Å². The zero-order chi connectivity index (χ0) is 14.8. The van der Waals surface area contributed by atoms with Crippen molar-refractivity contribution in [2.45, 2.75) is 19.1 Å². The predicted octanol–water partition coefficient (Wildman–Crippen LogP) is 3.10. The average Bonchev–Trinajstić information content (AvgIpc) is 2.87. The number of hydrogen-bond acceptors (Lipinski definition) is 3. The lowest BCUT2D eigenvalue weighted by Crippen LogP contribution is -2.32. The third-order valence-electron chi connectivity index (χ3n) is 3.07. The third-order valence-corrected chi connectivity index (χ3v) is 3.07. The first-order chi connectivity index (χ1) is 9.41. The van der Waals surface area contributed by atoms with E-state index in [1.54, 1.807) is 4.90 Å². The van der Waals surface area contributed by atoms with Gasteiger partial charge in [0.05, 0.1) is 5.56 Å². The Morgan fingerprint density at radius 1 is 1.40 bits per heavy atom. The first kappa shape index (κ1) is 14.6. The molecule has 0 saturated carbocycles. The van der Waals surface area contributed by atoms with E-state index in [2.05, 4.69) is 4.99 Å². The smallest absolute Gasteiger partial charge is 0.419 e. The lowest BCUT2D eigenvalue weighted by Gasteiger charge is -2.25. The number of rotatable bonds is 4. The van der Waals surface area contributed by atoms with Gasteiger partial charge < -0.3 is 9.64 Å². The Hall–Kier alpha value is -1.79. The van der Waals surface area contributed by atoms with Crippen molar-refractivity contribution in [1.82, 2.24) is 0 Å². The van der Waals surface area contributed by atoms with Gasteiger partial charge in [0.1, 0.15) is 18.5 Å². The molecule has 1 aliphatic rings. The van der Waals surface area contributed by atoms with Gasteiger partial charge in [0.25, 0.3) is 0 Å². The Kier molecular flexibility index (Phi) is 4.15. The van der Waals surface area contributed by atoms with E-state index in [-0.39, 0.29) is 6.04 Å². The van der Waals surface area contributed by atoms with E-state index >= 15 is 0 Å². The number of anilines is 1. The standard InChI is InChI=1S/C13H14F4N2O/c1-2-19(6-9-7-20-8-18-9)10-3-4-11(12(14)5-10)13(15,16)17/h3-5,8-9H,2,6-7H2,1H3/t9-/m1/s1. The first-order valence-corrected chi connectivity index (χ1v) is 6.16. The molecule has 0 unspecified atom stereocenters. The second kappa shape index (κ2) is 5.68. The molecule has 0 aliphatic carbocycles. The molecular weight excluding hydrogens is 276 g/mol. The molecule has 1 heterocycles. The third kappa shape index (κ3) is 3.20. The fourth-order valence-corrected chi connectivity index (χ4v) is 2.03. The SMILES string of the molecule is CCN(C[C@@H]1COC=N1)c1ccc(C(F)(F)F)c(F)c1. The topological polar surface area (TPSA) is 24.8 Å². The van der Waals surface area contributed by atoms with Gasteiger partial charge in [-0.25, -0.2) is 9.38 Å². The zero-order valence-corrected chi connectivity index (χ0v) is 10.8. The van der Waals surface area contributed by atoms with E-state index < -0.39 is 17.6 Å². The summed E-state index contributed by atoms with van der Waals surface area (Å²) in [5, 5.41) is 0. The van der Waals surface area contributed by atoms with Crippen LogP contribution < -0.4 is 4.90 Å². The summed E-state index contributed by atoms with van der Waals surface area (Å²) in [6.07, 6.45) is -3.32. The molecule has 3 nitrogen and oxygen atoms in total. The number of aliphatic imine (C=N–C) groups is 1. The summed E-state index contributed by atoms with van der Waals surface area (Å²) in [4.78, 5) is 5.83. The maximum Gasteiger partial charge on any atom is 0.419 e. The van der Waals surface area contributed by atoms with Crippen molar-refractivity contribution in [3.05, 3.63) is 29.6 Å². The number of nitrogens with zero attached hydrogens (tertiary/aromatic N) is 2. The minimum atomic E-state index is -4.68. The van der Waals surface area contributed by atoms with Gasteiger partial charge >= 0.3 is 6.18 Å². The summed E-state index contributed by atoms with van der Waals surface area (Å²) < 4.78 is 56.0. The van der Waals surface area contributed by atoms with Crippen LogP contribution in [-0.2, 0) is 10.9 Å². The van der Waals surface area contributed by atoms with Crippen molar-refractivity contribution in [2.24, 2.45) is 4.99 Å². The molecule has 7 heteroatoms. The second-order valence-electron chi connectivity index (χ2n) is 4.44. The minimum absolute atomic E-state index is 0.0831. The highest BCUT2D eigenvalue weighted by Crippen LogP contribution is 2.33. The molecule has 2 rings (SSSR count). The normalized spacial score (nSPS) is 18.1. The molecule has 1 atom stereocenters. The minimum Gasteiger partial charge on any atom is -0.481 e. The van der Waals surface area contributed by atoms with Crippen LogP contribution >= 0.6 is 0 Å². The van der Waals surface area contributed by atoms with Crippen molar-refractivity contribution in [3.63, 3.8) is 0 Å². The number of benzene rings is 1. The summed E-state index contributed by atoms with van der Waals surface area (Å²) in [6, 6.07) is 2.86. The maximum absolute atomic E-state index is 13.6. The van der Waals surface area contributed by atoms with E-state index in [0.29, 0.717) is 25.4 Å². The molecule has 0 aromatic heterocycles. The lowest BCUT2D eigenvalue weighted by atomic mass is 10.1. The van der Waals surface area contributed by atoms with Gasteiger partial charge in [0.15, 0.2) is 6.40 Å². The summed E-state index contributed by atoms with van der Waals surface area (Å²) >= 11 is 0. The molecule has 110 valence electrons. The maximum atomic E-state index is 13.6. The zero-order valence-electron chi connectivity index (χ0n) is 10.8. The van der Waals surface area contributed by atoms with Crippen LogP contribution in [0.4, 0.5) is 23.2 Å². The van der Waals surface area contributed by atoms with E-state index in [1.807, 2.05) is 6.92 Å². The highest BCUT2D eigenvalue weighted by Gasteiger charge is 2.34. The number of ether oxygens (including phenoxy) is 1. The molecule has 1 aromatic carbocycles. The largest absolute Gasteiger partial charge is 0.481 e. The van der Waals surface area contributed by atoms with Crippen molar-refractivity contribution in [1.29, 1.82) is 0 Å². The number of alkyl halides is 3. The summed E-state index contributed by atoms with van der Waals surface area (Å²) in [5.74, 6) is -1.26. The Bertz CT molecular complexity index is 502. The number of likely N-dealkylation sites (N-methyl/N-ethyl adjacent to an activating group) is 1. The molecule has 0 radical (unpaired) electrons. The van der Waals surface area contributed by atoms with Crippen molar-refractivity contribution in [3.8, 4) is 0 Å². The Balaban J connectivity index is 2.18. The predicted molar refractivity (Wildman–Crippen MR) is 67.5 cm³/mol. The van der Waals surface area contributed by atoms with E-state index in [4.69, 9.17) is 4.74 Å². The van der Waals surface area contributed by atoms with Gasteiger partial charge in [-0.15, -0.1) is 0 Å². The average molecular weight is 290 g/mol. The fourth-order valence-electron chi connectivity index (χ4n) is 2.03. The van der Waals surface area contributed by atoms with Crippen molar-refractivity contribution in [2.75, 3.05) is 24.6 Å². The van der Waals surface area contributed by atoms with Crippen LogP contribution in [0.5, 0.6) is 0 Å². The van der Waals surface area contributed by atoms with Crippen molar-refractivity contribution >= 4 is 12.1 Å². The van der Waals surface area contributed by atoms with E-state index in [0.717, 1.165) is 12.1 Å². The van der Waals surface area contributed by atoms with Crippen LogP contribution in [-0.4, -0.2) is 32.1 Å². The first-order valence-electron chi connectivity index (χ1n) is 6.16. The molecule has 0 N–H and O–H groups in total. The van der Waals surface area contributed by atoms with Crippen LogP contribution in [0.15, 0.2) is 23.2 Å². The molecular formula is C13H14F4N2O. The number of halogens is 4. The quantitative estimate of drug-likeness (QED) is 0.796. The van der Waals surface area contributed by atoms with Gasteiger partial charge in [-0.05, 0) is 25.1 Å². The van der Waals surface area contributed by atoms with Gasteiger partial charge in [0.2, 0.25) is 0 Å². The summed E-state index contributed by atoms with van der Waals surface area (Å²) in [6.45, 7) is 3.28. The second-order valence-corrected chi connectivity index (χ2v) is 4.44. The monoisotopic (exact) mass is 290 g/mol. The van der Waals surface area contributed by atoms with Gasteiger partial charge in [-0.3, -0.25) is 0 Å². The number of hydrogen-bond donors (Lipinski definition) is 0. The highest BCUT2D eigenvalue weighted by atomic mass is 19.4. The Morgan fingerprint density at radius 3 is 2.65 bits per heavy atom. The Morgan fingerprint density at radius 2 is 2.15 bits per heavy atom. The molecule has 20 heavy (non-hydrogen) atoms. The Labute approximate surface area is 113 Å². The molecule has 0 fully saturated rings.